The molecule has 0 saturated carbocycles. The Balaban J connectivity index is 1.65. The molecule has 0 aliphatic rings. The number of fused-ring (bicyclic) bond motifs is 1. The second-order valence-corrected chi connectivity index (χ2v) is 7.01. The van der Waals surface area contributed by atoms with Crippen LogP contribution in [0, 0.1) is 0 Å². The van der Waals surface area contributed by atoms with Gasteiger partial charge in [0.1, 0.15) is 35.0 Å². The summed E-state index contributed by atoms with van der Waals surface area (Å²) in [6.45, 7) is 0.540. The van der Waals surface area contributed by atoms with Gasteiger partial charge in [-0.05, 0) is 17.7 Å². The van der Waals surface area contributed by atoms with E-state index in [4.69, 9.17) is 20.9 Å². The van der Waals surface area contributed by atoms with E-state index in [0.29, 0.717) is 40.9 Å². The third-order valence-electron chi connectivity index (χ3n) is 4.82. The first-order valence-corrected chi connectivity index (χ1v) is 9.72. The van der Waals surface area contributed by atoms with E-state index in [1.165, 1.54) is 0 Å². The van der Waals surface area contributed by atoms with Crippen LogP contribution in [0.4, 0.5) is 23.0 Å². The van der Waals surface area contributed by atoms with Gasteiger partial charge in [-0.25, -0.2) is 9.97 Å². The molecule has 2 heterocycles. The van der Waals surface area contributed by atoms with Crippen molar-refractivity contribution in [3.8, 4) is 11.5 Å². The van der Waals surface area contributed by atoms with Gasteiger partial charge in [0.25, 0.3) is 5.91 Å². The molecule has 0 bridgehead atoms. The maximum absolute atomic E-state index is 12.3. The van der Waals surface area contributed by atoms with Gasteiger partial charge in [-0.2, -0.15) is 0 Å². The van der Waals surface area contributed by atoms with Crippen molar-refractivity contribution >= 4 is 34.6 Å². The number of anilines is 4. The van der Waals surface area contributed by atoms with Crippen molar-refractivity contribution in [3.63, 3.8) is 0 Å². The monoisotopic (exact) mass is 433 g/mol. The lowest BCUT2D eigenvalue weighted by atomic mass is 10.2. The molecule has 0 fully saturated rings. The van der Waals surface area contributed by atoms with Crippen LogP contribution in [0.3, 0.4) is 0 Å². The molecule has 6 N–H and O–H groups in total. The lowest BCUT2D eigenvalue weighted by molar-refractivity contribution is 0.100. The van der Waals surface area contributed by atoms with Crippen LogP contribution in [0.1, 0.15) is 15.9 Å². The first-order valence-electron chi connectivity index (χ1n) is 9.72. The molecule has 0 aliphatic carbocycles. The van der Waals surface area contributed by atoms with Gasteiger partial charge in [-0.3, -0.25) is 9.20 Å². The summed E-state index contributed by atoms with van der Waals surface area (Å²) >= 11 is 0. The number of primary amides is 1. The van der Waals surface area contributed by atoms with E-state index < -0.39 is 5.91 Å². The minimum Gasteiger partial charge on any atom is -0.497 e. The standard InChI is InChI=1S/C22H23N7O3/c1-31-16-7-15(8-17(9-16)32-2)27-21-19(20(24)30)22-28-18(11-29(22)12-26-21)25-10-13-3-5-14(23)6-4-13/h3-9,11-12,25,27H,10,23H2,1-2H3,(H2,24,30). The number of imidazole rings is 1. The number of rotatable bonds is 8. The number of ether oxygens (including phenoxy) is 2. The van der Waals surface area contributed by atoms with Crippen LogP contribution in [0.15, 0.2) is 55.0 Å². The minimum absolute atomic E-state index is 0.162. The number of hydrogen-bond acceptors (Lipinski definition) is 8. The van der Waals surface area contributed by atoms with Crippen LogP contribution in [0.2, 0.25) is 0 Å². The molecule has 0 spiro atoms. The second kappa shape index (κ2) is 8.72. The van der Waals surface area contributed by atoms with E-state index in [0.717, 1.165) is 5.56 Å². The van der Waals surface area contributed by atoms with E-state index in [2.05, 4.69) is 20.6 Å². The molecule has 0 radical (unpaired) electrons. The van der Waals surface area contributed by atoms with Gasteiger partial charge in [0, 0.05) is 36.1 Å². The van der Waals surface area contributed by atoms with Gasteiger partial charge in [0.15, 0.2) is 5.65 Å². The summed E-state index contributed by atoms with van der Waals surface area (Å²) in [6, 6.07) is 12.8. The van der Waals surface area contributed by atoms with Gasteiger partial charge in [-0.15, -0.1) is 0 Å². The Morgan fingerprint density at radius 2 is 1.78 bits per heavy atom. The number of nitrogens with zero attached hydrogens (tertiary/aromatic N) is 3. The van der Waals surface area contributed by atoms with Crippen molar-refractivity contribution < 1.29 is 14.3 Å². The summed E-state index contributed by atoms with van der Waals surface area (Å²) in [6.07, 6.45) is 3.30. The van der Waals surface area contributed by atoms with Gasteiger partial charge in [-0.1, -0.05) is 12.1 Å². The Morgan fingerprint density at radius 1 is 1.09 bits per heavy atom. The molecule has 2 aromatic carbocycles. The SMILES string of the molecule is COc1cc(Nc2ncn3cc(NCc4ccc(N)cc4)nc3c2C(N)=O)cc(OC)c1. The zero-order valence-corrected chi connectivity index (χ0v) is 17.6. The van der Waals surface area contributed by atoms with Crippen molar-refractivity contribution in [2.45, 2.75) is 6.54 Å². The average Bonchev–Trinajstić information content (AvgIpc) is 3.21. The fourth-order valence-electron chi connectivity index (χ4n) is 3.21. The summed E-state index contributed by atoms with van der Waals surface area (Å²) in [5.41, 5.74) is 14.3. The molecule has 0 aliphatic heterocycles. The van der Waals surface area contributed by atoms with Crippen molar-refractivity contribution in [1.29, 1.82) is 0 Å². The number of nitrogens with two attached hydrogens (primary N) is 2. The normalized spacial score (nSPS) is 10.7. The molecule has 2 aromatic heterocycles. The second-order valence-electron chi connectivity index (χ2n) is 7.01. The molecule has 164 valence electrons. The highest BCUT2D eigenvalue weighted by atomic mass is 16.5. The van der Waals surface area contributed by atoms with Crippen LogP contribution in [-0.4, -0.2) is 34.5 Å². The Morgan fingerprint density at radius 3 is 2.41 bits per heavy atom. The largest absolute Gasteiger partial charge is 0.497 e. The van der Waals surface area contributed by atoms with Crippen molar-refractivity contribution in [2.24, 2.45) is 5.73 Å². The van der Waals surface area contributed by atoms with Gasteiger partial charge in [0.2, 0.25) is 0 Å². The summed E-state index contributed by atoms with van der Waals surface area (Å²) in [5.74, 6) is 1.37. The molecule has 0 saturated heterocycles. The first-order chi connectivity index (χ1) is 15.5. The number of aromatic nitrogens is 3. The Hall–Kier alpha value is -4.47. The minimum atomic E-state index is -0.656. The van der Waals surface area contributed by atoms with Crippen LogP contribution in [0.25, 0.3) is 5.65 Å². The highest BCUT2D eigenvalue weighted by Gasteiger charge is 2.18. The molecule has 10 nitrogen and oxygen atoms in total. The molecule has 0 atom stereocenters. The molecule has 4 rings (SSSR count). The molecular formula is C22H23N7O3. The molecule has 32 heavy (non-hydrogen) atoms. The average molecular weight is 433 g/mol. The van der Waals surface area contributed by atoms with Crippen molar-refractivity contribution in [1.82, 2.24) is 14.4 Å². The third-order valence-corrected chi connectivity index (χ3v) is 4.82. The highest BCUT2D eigenvalue weighted by molar-refractivity contribution is 6.04. The number of carbonyl (C=O) groups excluding carboxylic acids is 1. The Bertz CT molecular complexity index is 1250. The summed E-state index contributed by atoms with van der Waals surface area (Å²) in [7, 11) is 3.11. The summed E-state index contributed by atoms with van der Waals surface area (Å²) in [4.78, 5) is 21.2. The van der Waals surface area contributed by atoms with Crippen LogP contribution < -0.4 is 31.6 Å². The number of carbonyl (C=O) groups is 1. The number of hydrogen-bond donors (Lipinski definition) is 4. The number of benzene rings is 2. The quantitative estimate of drug-likeness (QED) is 0.311. The molecule has 10 heteroatoms. The molecule has 0 unspecified atom stereocenters. The predicted molar refractivity (Wildman–Crippen MR) is 123 cm³/mol. The number of nitrogens with one attached hydrogen (secondary N) is 2. The van der Waals surface area contributed by atoms with Crippen LogP contribution in [0.5, 0.6) is 11.5 Å². The van der Waals surface area contributed by atoms with E-state index in [-0.39, 0.29) is 11.4 Å². The van der Waals surface area contributed by atoms with Crippen molar-refractivity contribution in [2.75, 3.05) is 30.6 Å². The van der Waals surface area contributed by atoms with E-state index in [1.807, 2.05) is 24.3 Å². The number of nitrogen functional groups attached to an aromatic ring is 1. The van der Waals surface area contributed by atoms with E-state index in [1.54, 1.807) is 49.3 Å². The smallest absolute Gasteiger partial charge is 0.256 e. The Kier molecular flexibility index (Phi) is 5.67. The van der Waals surface area contributed by atoms with Gasteiger partial charge >= 0.3 is 0 Å². The van der Waals surface area contributed by atoms with E-state index >= 15 is 0 Å². The van der Waals surface area contributed by atoms with Gasteiger partial charge in [0.05, 0.1) is 20.4 Å². The van der Waals surface area contributed by atoms with Crippen LogP contribution in [-0.2, 0) is 6.54 Å². The fraction of sp³-hybridized carbons (Fsp3) is 0.136. The third kappa shape index (κ3) is 4.33. The van der Waals surface area contributed by atoms with E-state index in [9.17, 15) is 4.79 Å². The molecule has 4 aromatic rings. The maximum Gasteiger partial charge on any atom is 0.256 e. The fourth-order valence-corrected chi connectivity index (χ4v) is 3.21. The topological polar surface area (TPSA) is 142 Å². The predicted octanol–water partition coefficient (Wildman–Crippen LogP) is 2.78. The molecule has 1 amide bonds. The highest BCUT2D eigenvalue weighted by Crippen LogP contribution is 2.29. The maximum atomic E-state index is 12.3. The zero-order chi connectivity index (χ0) is 22.7. The lowest BCUT2D eigenvalue weighted by Gasteiger charge is -2.12. The van der Waals surface area contributed by atoms with Gasteiger partial charge < -0.3 is 31.6 Å². The summed E-state index contributed by atoms with van der Waals surface area (Å²) in [5, 5.41) is 6.34. The Labute approximate surface area is 184 Å². The van der Waals surface area contributed by atoms with Crippen molar-refractivity contribution in [3.05, 3.63) is 66.1 Å². The first kappa shape index (κ1) is 20.8. The zero-order valence-electron chi connectivity index (χ0n) is 17.6. The number of amides is 1. The van der Waals surface area contributed by atoms with Crippen LogP contribution >= 0.6 is 0 Å². The lowest BCUT2D eigenvalue weighted by Crippen LogP contribution is -2.16. The summed E-state index contributed by atoms with van der Waals surface area (Å²) < 4.78 is 12.2. The number of methoxy groups -OCH3 is 2. The molecular weight excluding hydrogens is 410 g/mol.